The van der Waals surface area contributed by atoms with Crippen molar-refractivity contribution >= 4 is 39.7 Å². The van der Waals surface area contributed by atoms with Gasteiger partial charge in [-0.25, -0.2) is 4.98 Å². The van der Waals surface area contributed by atoms with Gasteiger partial charge >= 0.3 is 0 Å². The molecule has 1 amide bonds. The van der Waals surface area contributed by atoms with Gasteiger partial charge in [-0.05, 0) is 49.8 Å². The highest BCUT2D eigenvalue weighted by atomic mass is 35.5. The van der Waals surface area contributed by atoms with Crippen molar-refractivity contribution in [1.29, 1.82) is 0 Å². The van der Waals surface area contributed by atoms with Crippen molar-refractivity contribution in [1.82, 2.24) is 14.9 Å². The van der Waals surface area contributed by atoms with E-state index in [1.54, 1.807) is 11.3 Å². The lowest BCUT2D eigenvalue weighted by molar-refractivity contribution is -0.121. The summed E-state index contributed by atoms with van der Waals surface area (Å²) in [5.41, 5.74) is 2.07. The molecule has 0 aliphatic carbocycles. The van der Waals surface area contributed by atoms with Crippen LogP contribution in [0.25, 0.3) is 10.9 Å². The first-order chi connectivity index (χ1) is 11.6. The van der Waals surface area contributed by atoms with E-state index in [1.807, 2.05) is 42.0 Å². The van der Waals surface area contributed by atoms with Crippen LogP contribution in [0.4, 0.5) is 0 Å². The number of aryl methyl sites for hydroxylation is 2. The van der Waals surface area contributed by atoms with Crippen LogP contribution in [-0.2, 0) is 17.8 Å². The van der Waals surface area contributed by atoms with Crippen molar-refractivity contribution < 1.29 is 4.79 Å². The molecule has 0 radical (unpaired) electrons. The number of nitrogens with one attached hydrogen (secondary N) is 1. The molecule has 1 N–H and O–H groups in total. The standard InChI is InChI=1S/C18H20ClN3OS/c1-13-12-24-18(21-13)4-2-3-8-20-17(23)11-22-9-7-14-5-6-15(19)10-16(14)22/h5-7,9-10,12H,2-4,8,11H2,1H3,(H,20,23). The average molecular weight is 362 g/mol. The van der Waals surface area contributed by atoms with Crippen LogP contribution in [0.5, 0.6) is 0 Å². The van der Waals surface area contributed by atoms with E-state index < -0.39 is 0 Å². The minimum atomic E-state index is 0.0255. The third-order valence-corrected chi connectivity index (χ3v) is 5.12. The number of unbranched alkanes of at least 4 members (excludes halogenated alkanes) is 1. The highest BCUT2D eigenvalue weighted by Gasteiger charge is 2.06. The fourth-order valence-corrected chi connectivity index (χ4v) is 3.64. The molecule has 2 heterocycles. The zero-order valence-electron chi connectivity index (χ0n) is 13.6. The van der Waals surface area contributed by atoms with Crippen LogP contribution < -0.4 is 5.32 Å². The maximum atomic E-state index is 12.1. The number of fused-ring (bicyclic) bond motifs is 1. The predicted molar refractivity (Wildman–Crippen MR) is 99.7 cm³/mol. The summed E-state index contributed by atoms with van der Waals surface area (Å²) >= 11 is 7.74. The average Bonchev–Trinajstić information content (AvgIpc) is 3.13. The zero-order valence-corrected chi connectivity index (χ0v) is 15.2. The van der Waals surface area contributed by atoms with Gasteiger partial charge in [-0.15, -0.1) is 11.3 Å². The molecular weight excluding hydrogens is 342 g/mol. The van der Waals surface area contributed by atoms with E-state index in [0.717, 1.165) is 35.9 Å². The van der Waals surface area contributed by atoms with Crippen molar-refractivity contribution in [2.24, 2.45) is 0 Å². The first kappa shape index (κ1) is 17.0. The second kappa shape index (κ2) is 7.81. The summed E-state index contributed by atoms with van der Waals surface area (Å²) in [6, 6.07) is 7.71. The smallest absolute Gasteiger partial charge is 0.239 e. The molecule has 3 rings (SSSR count). The van der Waals surface area contributed by atoms with Crippen LogP contribution in [0.1, 0.15) is 23.5 Å². The van der Waals surface area contributed by atoms with Crippen molar-refractivity contribution in [2.75, 3.05) is 6.54 Å². The number of amides is 1. The lowest BCUT2D eigenvalue weighted by Gasteiger charge is -2.07. The second-order valence-corrected chi connectivity index (χ2v) is 7.22. The second-order valence-electron chi connectivity index (χ2n) is 5.84. The largest absolute Gasteiger partial charge is 0.355 e. The molecule has 0 aliphatic heterocycles. The molecule has 0 saturated carbocycles. The number of halogens is 1. The third kappa shape index (κ3) is 4.36. The molecule has 1 aromatic carbocycles. The van der Waals surface area contributed by atoms with E-state index in [1.165, 1.54) is 5.01 Å². The molecule has 2 aromatic heterocycles. The van der Waals surface area contributed by atoms with Gasteiger partial charge in [0.15, 0.2) is 0 Å². The van der Waals surface area contributed by atoms with E-state index >= 15 is 0 Å². The number of rotatable bonds is 7. The summed E-state index contributed by atoms with van der Waals surface area (Å²) in [7, 11) is 0. The SMILES string of the molecule is Cc1csc(CCCCNC(=O)Cn2ccc3ccc(Cl)cc32)n1. The summed E-state index contributed by atoms with van der Waals surface area (Å²) in [4.78, 5) is 16.5. The normalized spacial score (nSPS) is 11.1. The lowest BCUT2D eigenvalue weighted by Crippen LogP contribution is -2.28. The number of nitrogens with zero attached hydrogens (tertiary/aromatic N) is 2. The number of carbonyl (C=O) groups is 1. The van der Waals surface area contributed by atoms with Gasteiger partial charge in [-0.2, -0.15) is 0 Å². The predicted octanol–water partition coefficient (Wildman–Crippen LogP) is 4.20. The monoisotopic (exact) mass is 361 g/mol. The number of carbonyl (C=O) groups excluding carboxylic acids is 1. The van der Waals surface area contributed by atoms with Gasteiger partial charge in [0.05, 0.1) is 5.01 Å². The molecule has 6 heteroatoms. The Bertz CT molecular complexity index is 840. The molecule has 126 valence electrons. The van der Waals surface area contributed by atoms with Gasteiger partial charge in [-0.3, -0.25) is 4.79 Å². The Balaban J connectivity index is 1.43. The minimum absolute atomic E-state index is 0.0255. The number of hydrogen-bond donors (Lipinski definition) is 1. The van der Waals surface area contributed by atoms with Crippen LogP contribution >= 0.6 is 22.9 Å². The Morgan fingerprint density at radius 1 is 1.33 bits per heavy atom. The number of benzene rings is 1. The van der Waals surface area contributed by atoms with Gasteiger partial charge in [-0.1, -0.05) is 17.7 Å². The summed E-state index contributed by atoms with van der Waals surface area (Å²) in [6.45, 7) is 3.02. The summed E-state index contributed by atoms with van der Waals surface area (Å²) in [6.07, 6.45) is 4.90. The summed E-state index contributed by atoms with van der Waals surface area (Å²) in [5, 5.41) is 8.00. The molecule has 0 spiro atoms. The minimum Gasteiger partial charge on any atom is -0.355 e. The van der Waals surface area contributed by atoms with Gasteiger partial charge in [0.1, 0.15) is 6.54 Å². The van der Waals surface area contributed by atoms with Crippen LogP contribution in [0.15, 0.2) is 35.8 Å². The van der Waals surface area contributed by atoms with Gasteiger partial charge in [0.2, 0.25) is 5.91 Å². The quantitative estimate of drug-likeness (QED) is 0.641. The Kier molecular flexibility index (Phi) is 5.53. The fraction of sp³-hybridized carbons (Fsp3) is 0.333. The fourth-order valence-electron chi connectivity index (χ4n) is 2.65. The Morgan fingerprint density at radius 3 is 3.00 bits per heavy atom. The van der Waals surface area contributed by atoms with Gasteiger partial charge in [0, 0.05) is 34.4 Å². The van der Waals surface area contributed by atoms with E-state index in [9.17, 15) is 4.79 Å². The molecule has 0 unspecified atom stereocenters. The number of hydrogen-bond acceptors (Lipinski definition) is 3. The zero-order chi connectivity index (χ0) is 16.9. The van der Waals surface area contributed by atoms with Gasteiger partial charge in [0.25, 0.3) is 0 Å². The van der Waals surface area contributed by atoms with Crippen molar-refractivity contribution in [2.45, 2.75) is 32.7 Å². The third-order valence-electron chi connectivity index (χ3n) is 3.86. The van der Waals surface area contributed by atoms with Crippen LogP contribution in [0.2, 0.25) is 5.02 Å². The van der Waals surface area contributed by atoms with Crippen molar-refractivity contribution in [3.8, 4) is 0 Å². The molecular formula is C18H20ClN3OS. The Labute approximate surface area is 150 Å². The first-order valence-electron chi connectivity index (χ1n) is 8.04. The van der Waals surface area contributed by atoms with E-state index in [-0.39, 0.29) is 5.91 Å². The summed E-state index contributed by atoms with van der Waals surface area (Å²) in [5.74, 6) is 0.0255. The van der Waals surface area contributed by atoms with Gasteiger partial charge < -0.3 is 9.88 Å². The van der Waals surface area contributed by atoms with Crippen LogP contribution in [0.3, 0.4) is 0 Å². The van der Waals surface area contributed by atoms with Crippen molar-refractivity contribution in [3.05, 3.63) is 51.6 Å². The molecule has 0 bridgehead atoms. The van der Waals surface area contributed by atoms with Crippen LogP contribution in [-0.4, -0.2) is 22.0 Å². The maximum absolute atomic E-state index is 12.1. The van der Waals surface area contributed by atoms with E-state index in [0.29, 0.717) is 18.1 Å². The summed E-state index contributed by atoms with van der Waals surface area (Å²) < 4.78 is 1.93. The molecule has 0 atom stereocenters. The Morgan fingerprint density at radius 2 is 2.21 bits per heavy atom. The lowest BCUT2D eigenvalue weighted by atomic mass is 10.2. The molecule has 4 nitrogen and oxygen atoms in total. The number of thiazole rings is 1. The maximum Gasteiger partial charge on any atom is 0.239 e. The molecule has 0 aliphatic rings. The topological polar surface area (TPSA) is 46.9 Å². The highest BCUT2D eigenvalue weighted by Crippen LogP contribution is 2.20. The molecule has 0 saturated heterocycles. The number of aromatic nitrogens is 2. The van der Waals surface area contributed by atoms with E-state index in [4.69, 9.17) is 11.6 Å². The molecule has 24 heavy (non-hydrogen) atoms. The van der Waals surface area contributed by atoms with Crippen LogP contribution in [0, 0.1) is 6.92 Å². The molecule has 0 fully saturated rings. The highest BCUT2D eigenvalue weighted by molar-refractivity contribution is 7.09. The van der Waals surface area contributed by atoms with Crippen molar-refractivity contribution in [3.63, 3.8) is 0 Å². The van der Waals surface area contributed by atoms with E-state index in [2.05, 4.69) is 15.7 Å². The molecule has 3 aromatic rings. The first-order valence-corrected chi connectivity index (χ1v) is 9.30. The Hall–Kier alpha value is -1.85.